The topological polar surface area (TPSA) is 105 Å². The maximum absolute atomic E-state index is 13.1. The Kier molecular flexibility index (Phi) is 8.39. The van der Waals surface area contributed by atoms with Crippen molar-refractivity contribution in [2.75, 3.05) is 11.9 Å². The quantitative estimate of drug-likeness (QED) is 0.391. The van der Waals surface area contributed by atoms with Crippen molar-refractivity contribution in [1.82, 2.24) is 9.88 Å². The Morgan fingerprint density at radius 2 is 1.92 bits per heavy atom. The van der Waals surface area contributed by atoms with E-state index in [0.29, 0.717) is 35.5 Å². The largest absolute Gasteiger partial charge is 0.471 e. The lowest BCUT2D eigenvalue weighted by atomic mass is 9.88. The second kappa shape index (κ2) is 11.6. The third-order valence-corrected chi connectivity index (χ3v) is 7.92. The molecule has 0 unspecified atom stereocenters. The average Bonchev–Trinajstić information content (AvgIpc) is 3.31. The number of benzene rings is 2. The Bertz CT molecular complexity index is 1390. The van der Waals surface area contributed by atoms with Gasteiger partial charge in [-0.3, -0.25) is 19.7 Å². The number of nitrogens with zero attached hydrogens (tertiary/aromatic N) is 2. The molecule has 0 radical (unpaired) electrons. The molecule has 0 saturated carbocycles. The first-order chi connectivity index (χ1) is 18.5. The highest BCUT2D eigenvalue weighted by atomic mass is 32.1. The van der Waals surface area contributed by atoms with Crippen LogP contribution in [0.25, 0.3) is 0 Å². The molecule has 0 fully saturated rings. The van der Waals surface area contributed by atoms with Gasteiger partial charge < -0.3 is 10.6 Å². The normalized spacial score (nSPS) is 15.8. The average molecular weight is 559 g/mol. The van der Waals surface area contributed by atoms with Gasteiger partial charge in [-0.1, -0.05) is 44.2 Å². The van der Waals surface area contributed by atoms with Gasteiger partial charge in [-0.05, 0) is 48.6 Å². The van der Waals surface area contributed by atoms with Crippen LogP contribution in [-0.2, 0) is 17.6 Å². The molecule has 1 aromatic heterocycles. The van der Waals surface area contributed by atoms with Crippen molar-refractivity contribution in [1.29, 1.82) is 0 Å². The number of carbonyl (C=O) groups excluding carboxylic acids is 3. The third-order valence-electron chi connectivity index (χ3n) is 6.88. The number of thiazole rings is 1. The fraction of sp³-hybridized carbons (Fsp3) is 0.357. The molecule has 4 rings (SSSR count). The molecular formula is C28H29F3N4O3S. The van der Waals surface area contributed by atoms with Crippen LogP contribution in [0, 0.1) is 0 Å². The Morgan fingerprint density at radius 3 is 2.62 bits per heavy atom. The van der Waals surface area contributed by atoms with E-state index in [2.05, 4.69) is 10.3 Å². The van der Waals surface area contributed by atoms with Gasteiger partial charge in [-0.25, -0.2) is 4.98 Å². The van der Waals surface area contributed by atoms with Crippen molar-refractivity contribution < 1.29 is 27.6 Å². The second-order valence-electron chi connectivity index (χ2n) is 9.53. The molecule has 2 aromatic carbocycles. The molecule has 0 spiro atoms. The van der Waals surface area contributed by atoms with Crippen LogP contribution in [-0.4, -0.2) is 46.4 Å². The summed E-state index contributed by atoms with van der Waals surface area (Å²) in [6.45, 7) is 3.69. The number of nitrogens with two attached hydrogens (primary N) is 1. The van der Waals surface area contributed by atoms with Crippen molar-refractivity contribution in [3.63, 3.8) is 0 Å². The maximum Gasteiger partial charge on any atom is 0.471 e. The molecule has 2 atom stereocenters. The van der Waals surface area contributed by atoms with E-state index in [1.165, 1.54) is 11.3 Å². The summed E-state index contributed by atoms with van der Waals surface area (Å²) in [6, 6.07) is 13.5. The predicted octanol–water partition coefficient (Wildman–Crippen LogP) is 5.30. The zero-order chi connectivity index (χ0) is 28.3. The Labute approximate surface area is 228 Å². The van der Waals surface area contributed by atoms with Gasteiger partial charge in [0.25, 0.3) is 5.91 Å². The van der Waals surface area contributed by atoms with E-state index in [4.69, 9.17) is 5.73 Å². The number of fused-ring (bicyclic) bond motifs is 1. The van der Waals surface area contributed by atoms with Crippen LogP contribution in [0.15, 0.2) is 48.5 Å². The number of hydrogen-bond donors (Lipinski definition) is 2. The lowest BCUT2D eigenvalue weighted by Gasteiger charge is -2.34. The van der Waals surface area contributed by atoms with Crippen LogP contribution >= 0.6 is 11.3 Å². The summed E-state index contributed by atoms with van der Waals surface area (Å²) in [7, 11) is 0. The lowest BCUT2D eigenvalue weighted by molar-refractivity contribution is -0.188. The first-order valence-electron chi connectivity index (χ1n) is 12.7. The molecule has 3 aromatic rings. The summed E-state index contributed by atoms with van der Waals surface area (Å²) >= 11 is 1.22. The molecular weight excluding hydrogens is 529 g/mol. The number of carbonyl (C=O) groups is 3. The van der Waals surface area contributed by atoms with Gasteiger partial charge in [0.05, 0.1) is 5.69 Å². The van der Waals surface area contributed by atoms with Crippen molar-refractivity contribution in [2.45, 2.75) is 57.7 Å². The van der Waals surface area contributed by atoms with Gasteiger partial charge in [-0.2, -0.15) is 13.2 Å². The van der Waals surface area contributed by atoms with E-state index < -0.39 is 24.0 Å². The monoisotopic (exact) mass is 558 g/mol. The Balaban J connectivity index is 1.49. The van der Waals surface area contributed by atoms with E-state index >= 15 is 0 Å². The van der Waals surface area contributed by atoms with Crippen molar-refractivity contribution in [2.24, 2.45) is 5.73 Å². The highest BCUT2D eigenvalue weighted by Gasteiger charge is 2.45. The molecule has 11 heteroatoms. The maximum atomic E-state index is 13.1. The highest BCUT2D eigenvalue weighted by Crippen LogP contribution is 2.34. The molecule has 7 nitrogen and oxygen atoms in total. The number of amides is 3. The summed E-state index contributed by atoms with van der Waals surface area (Å²) in [4.78, 5) is 43.1. The van der Waals surface area contributed by atoms with Gasteiger partial charge in [0, 0.05) is 40.9 Å². The molecule has 3 amide bonds. The standard InChI is InChI=1S/C28H29F3N4O3S/c1-3-13-35(26(38)28(29,30)31)19-11-12-22-23(15-19)39-27(33-22)34-25(37)18-8-6-7-17(14-18)16(2)20-9-4-5-10-21(20)24(32)36/h4-10,14,16,19H,3,11-13,15H2,1-2H3,(H2,32,36)(H,33,34,37)/t16-,19+/m1/s1. The number of aromatic nitrogens is 1. The lowest BCUT2D eigenvalue weighted by Crippen LogP contribution is -2.49. The zero-order valence-corrected chi connectivity index (χ0v) is 22.4. The predicted molar refractivity (Wildman–Crippen MR) is 143 cm³/mol. The van der Waals surface area contributed by atoms with Crippen molar-refractivity contribution in [3.05, 3.63) is 81.4 Å². The Hall–Kier alpha value is -3.73. The minimum atomic E-state index is -4.92. The number of anilines is 1. The Morgan fingerprint density at radius 1 is 1.18 bits per heavy atom. The molecule has 1 heterocycles. The van der Waals surface area contributed by atoms with Crippen molar-refractivity contribution in [3.8, 4) is 0 Å². The van der Waals surface area contributed by atoms with E-state index in [1.54, 1.807) is 37.3 Å². The molecule has 1 aliphatic rings. The van der Waals surface area contributed by atoms with Crippen LogP contribution in [0.1, 0.15) is 75.0 Å². The van der Waals surface area contributed by atoms with Gasteiger partial charge in [0.1, 0.15) is 0 Å². The van der Waals surface area contributed by atoms with Gasteiger partial charge in [-0.15, -0.1) is 11.3 Å². The summed E-state index contributed by atoms with van der Waals surface area (Å²) in [5, 5.41) is 3.16. The molecule has 206 valence electrons. The minimum Gasteiger partial charge on any atom is -0.366 e. The minimum absolute atomic E-state index is 0.0272. The van der Waals surface area contributed by atoms with Crippen LogP contribution in [0.2, 0.25) is 0 Å². The molecule has 0 aliphatic heterocycles. The molecule has 0 bridgehead atoms. The zero-order valence-electron chi connectivity index (χ0n) is 21.5. The molecule has 0 saturated heterocycles. The van der Waals surface area contributed by atoms with Crippen LogP contribution in [0.4, 0.5) is 18.3 Å². The highest BCUT2D eigenvalue weighted by molar-refractivity contribution is 7.15. The van der Waals surface area contributed by atoms with Crippen LogP contribution in [0.5, 0.6) is 0 Å². The summed E-state index contributed by atoms with van der Waals surface area (Å²) in [6.07, 6.45) is -3.45. The van der Waals surface area contributed by atoms with E-state index in [0.717, 1.165) is 26.6 Å². The molecule has 39 heavy (non-hydrogen) atoms. The summed E-state index contributed by atoms with van der Waals surface area (Å²) in [5.41, 5.74) is 8.65. The number of nitrogens with one attached hydrogen (secondary N) is 1. The van der Waals surface area contributed by atoms with Gasteiger partial charge in [0.2, 0.25) is 5.91 Å². The second-order valence-corrected chi connectivity index (χ2v) is 10.6. The number of hydrogen-bond acceptors (Lipinski definition) is 5. The molecule has 3 N–H and O–H groups in total. The number of alkyl halides is 3. The SMILES string of the molecule is CCCN(C(=O)C(F)(F)F)[C@H]1CCc2nc(NC(=O)c3cccc([C@@H](C)c4ccccc4C(N)=O)c3)sc2C1. The fourth-order valence-electron chi connectivity index (χ4n) is 4.93. The number of aryl methyl sites for hydroxylation is 1. The number of halogens is 3. The first-order valence-corrected chi connectivity index (χ1v) is 13.5. The van der Waals surface area contributed by atoms with Gasteiger partial charge >= 0.3 is 12.1 Å². The third kappa shape index (κ3) is 6.30. The smallest absolute Gasteiger partial charge is 0.366 e. The fourth-order valence-corrected chi connectivity index (χ4v) is 6.00. The summed E-state index contributed by atoms with van der Waals surface area (Å²) < 4.78 is 39.4. The van der Waals surface area contributed by atoms with Gasteiger partial charge in [0.15, 0.2) is 5.13 Å². The summed E-state index contributed by atoms with van der Waals surface area (Å²) in [5.74, 6) is -2.92. The number of primary amides is 1. The van der Waals surface area contributed by atoms with Crippen LogP contribution in [0.3, 0.4) is 0 Å². The van der Waals surface area contributed by atoms with E-state index in [-0.39, 0.29) is 24.8 Å². The van der Waals surface area contributed by atoms with Crippen LogP contribution < -0.4 is 11.1 Å². The van der Waals surface area contributed by atoms with E-state index in [9.17, 15) is 27.6 Å². The first kappa shape index (κ1) is 28.3. The van der Waals surface area contributed by atoms with E-state index in [1.807, 2.05) is 25.1 Å². The molecule has 1 aliphatic carbocycles. The number of rotatable bonds is 8. The van der Waals surface area contributed by atoms with Crippen molar-refractivity contribution >= 4 is 34.2 Å².